The van der Waals surface area contributed by atoms with Gasteiger partial charge in [-0.05, 0) is 110 Å². The van der Waals surface area contributed by atoms with Gasteiger partial charge in [-0.1, -0.05) is 71.8 Å². The molecule has 8 rings (SSSR count). The largest absolute Gasteiger partial charge is 0.506 e. The average Bonchev–Trinajstić information content (AvgIpc) is 3.81. The molecule has 16 nitrogen and oxygen atoms in total. The van der Waals surface area contributed by atoms with Crippen molar-refractivity contribution in [1.29, 1.82) is 0 Å². The first kappa shape index (κ1) is 47.6. The number of aryl methyl sites for hydroxylation is 2. The van der Waals surface area contributed by atoms with Crippen molar-refractivity contribution in [2.24, 2.45) is 9.98 Å². The molecule has 0 radical (unpaired) electrons. The van der Waals surface area contributed by atoms with Crippen molar-refractivity contribution in [1.82, 2.24) is 19.6 Å². The van der Waals surface area contributed by atoms with E-state index >= 15 is 0 Å². The van der Waals surface area contributed by atoms with E-state index in [-0.39, 0.29) is 52.0 Å². The molecule has 17 heteroatoms. The zero-order chi connectivity index (χ0) is 46.7. The maximum Gasteiger partial charge on any atom is 0.269 e. The summed E-state index contributed by atoms with van der Waals surface area (Å²) in [5.41, 5.74) is 7.25. The predicted molar refractivity (Wildman–Crippen MR) is 255 cm³/mol. The first-order chi connectivity index (χ1) is 31.8. The smallest absolute Gasteiger partial charge is 0.269 e. The molecule has 0 amide bonds. The molecule has 6 aromatic carbocycles. The number of rotatable bonds is 12. The minimum Gasteiger partial charge on any atom is -0.506 e. The second-order valence-corrected chi connectivity index (χ2v) is 14.6. The summed E-state index contributed by atoms with van der Waals surface area (Å²) in [4.78, 5) is 29.4. The maximum atomic E-state index is 10.9. The third-order valence-electron chi connectivity index (χ3n) is 9.91. The fraction of sp³-hybridized carbons (Fsp3) is 0.0400. The van der Waals surface area contributed by atoms with E-state index in [4.69, 9.17) is 0 Å². The molecule has 0 bridgehead atoms. The van der Waals surface area contributed by atoms with Crippen molar-refractivity contribution < 1.29 is 47.6 Å². The van der Waals surface area contributed by atoms with E-state index < -0.39 is 9.85 Å². The van der Waals surface area contributed by atoms with Gasteiger partial charge in [-0.25, -0.2) is 9.36 Å². The molecule has 2 heterocycles. The van der Waals surface area contributed by atoms with Crippen LogP contribution >= 0.6 is 0 Å². The Morgan fingerprint density at radius 1 is 0.493 bits per heavy atom. The Bertz CT molecular complexity index is 2930. The van der Waals surface area contributed by atoms with Crippen LogP contribution in [0.25, 0.3) is 35.7 Å². The first-order valence-corrected chi connectivity index (χ1v) is 20.1. The summed E-state index contributed by atoms with van der Waals surface area (Å²) in [6.07, 6.45) is 9.75. The molecule has 0 saturated heterocycles. The molecular formula is C50H40CrN8O8. The molecule has 0 aliphatic heterocycles. The predicted octanol–water partition coefficient (Wildman–Crippen LogP) is 10.8. The van der Waals surface area contributed by atoms with Gasteiger partial charge in [-0.2, -0.15) is 10.2 Å². The van der Waals surface area contributed by atoms with E-state index in [2.05, 4.69) is 20.2 Å². The normalized spacial score (nSPS) is 11.3. The van der Waals surface area contributed by atoms with Crippen LogP contribution in [0, 0.1) is 34.1 Å². The van der Waals surface area contributed by atoms with Crippen LogP contribution in [0.2, 0.25) is 0 Å². The molecule has 0 atom stereocenters. The van der Waals surface area contributed by atoms with Gasteiger partial charge >= 0.3 is 0 Å². The molecule has 4 N–H and O–H groups in total. The molecule has 0 unspecified atom stereocenters. The van der Waals surface area contributed by atoms with Gasteiger partial charge in [-0.3, -0.25) is 30.2 Å². The number of nitro benzene ring substituents is 2. The van der Waals surface area contributed by atoms with Crippen molar-refractivity contribution in [3.05, 3.63) is 211 Å². The Labute approximate surface area is 394 Å². The molecule has 0 fully saturated rings. The van der Waals surface area contributed by atoms with Crippen LogP contribution in [0.1, 0.15) is 44.8 Å². The number of nitrogens with zero attached hydrogens (tertiary/aromatic N) is 8. The summed E-state index contributed by atoms with van der Waals surface area (Å²) < 4.78 is 2.81. The van der Waals surface area contributed by atoms with Gasteiger partial charge in [0.05, 0.1) is 43.7 Å². The van der Waals surface area contributed by atoms with Crippen molar-refractivity contribution in [2.75, 3.05) is 0 Å². The molecule has 0 aliphatic carbocycles. The van der Waals surface area contributed by atoms with Crippen molar-refractivity contribution in [3.8, 4) is 34.6 Å². The van der Waals surface area contributed by atoms with Crippen LogP contribution in [0.15, 0.2) is 156 Å². The van der Waals surface area contributed by atoms with E-state index in [0.29, 0.717) is 45.3 Å². The van der Waals surface area contributed by atoms with Crippen LogP contribution in [0.4, 0.5) is 22.7 Å². The molecule has 2 aromatic heterocycles. The summed E-state index contributed by atoms with van der Waals surface area (Å²) in [6, 6.07) is 40.5. The summed E-state index contributed by atoms with van der Waals surface area (Å²) in [5.74, 6) is -0.188. The van der Waals surface area contributed by atoms with Crippen LogP contribution in [0.5, 0.6) is 23.3 Å². The number of para-hydroxylation sites is 4. The number of aliphatic imine (C=N–C) groups is 2. The third-order valence-corrected chi connectivity index (χ3v) is 9.91. The molecule has 0 aliphatic rings. The van der Waals surface area contributed by atoms with Crippen LogP contribution in [0.3, 0.4) is 0 Å². The zero-order valence-electron chi connectivity index (χ0n) is 35.7. The Hall–Kier alpha value is -8.91. The second-order valence-electron chi connectivity index (χ2n) is 14.6. The topological polar surface area (TPSA) is 228 Å². The molecule has 67 heavy (non-hydrogen) atoms. The van der Waals surface area contributed by atoms with Gasteiger partial charge in [-0.15, -0.1) is 0 Å². The first-order valence-electron chi connectivity index (χ1n) is 20.1. The number of phenolic OH excluding ortho intramolecular Hbond substituents is 2. The Morgan fingerprint density at radius 3 is 1.16 bits per heavy atom. The monoisotopic (exact) mass is 932 g/mol. The number of hydrogen-bond donors (Lipinski definition) is 4. The van der Waals surface area contributed by atoms with Gasteiger partial charge in [0, 0.05) is 54.1 Å². The van der Waals surface area contributed by atoms with Crippen LogP contribution in [-0.4, -0.2) is 62.3 Å². The summed E-state index contributed by atoms with van der Waals surface area (Å²) >= 11 is 0. The number of benzene rings is 6. The van der Waals surface area contributed by atoms with Gasteiger partial charge in [0.25, 0.3) is 11.4 Å². The quantitative estimate of drug-likeness (QED) is 0.0514. The van der Waals surface area contributed by atoms with Gasteiger partial charge in [0.15, 0.2) is 0 Å². The minimum atomic E-state index is -0.456. The second kappa shape index (κ2) is 21.6. The van der Waals surface area contributed by atoms with Gasteiger partial charge in [0.2, 0.25) is 11.8 Å². The number of nitro groups is 2. The molecule has 334 valence electrons. The van der Waals surface area contributed by atoms with Crippen LogP contribution in [-0.2, 0) is 17.4 Å². The Morgan fingerprint density at radius 2 is 0.836 bits per heavy atom. The summed E-state index contributed by atoms with van der Waals surface area (Å²) in [5, 5.41) is 72.6. The van der Waals surface area contributed by atoms with Gasteiger partial charge < -0.3 is 20.4 Å². The number of hydrogen-bond acceptors (Lipinski definition) is 12. The van der Waals surface area contributed by atoms with Crippen LogP contribution < -0.4 is 0 Å². The molecular weight excluding hydrogens is 893 g/mol. The fourth-order valence-corrected chi connectivity index (χ4v) is 6.28. The number of phenols is 2. The van der Waals surface area contributed by atoms with Crippen molar-refractivity contribution in [3.63, 3.8) is 0 Å². The van der Waals surface area contributed by atoms with E-state index in [1.165, 1.54) is 58.2 Å². The number of aromatic hydroxyl groups is 4. The van der Waals surface area contributed by atoms with Gasteiger partial charge in [0.1, 0.15) is 22.9 Å². The molecule has 0 saturated carbocycles. The van der Waals surface area contributed by atoms with E-state index in [9.17, 15) is 40.7 Å². The molecule has 0 spiro atoms. The van der Waals surface area contributed by atoms with E-state index in [1.54, 1.807) is 85.0 Å². The number of aromatic nitrogens is 4. The van der Waals surface area contributed by atoms with E-state index in [0.717, 1.165) is 22.3 Å². The fourth-order valence-electron chi connectivity index (χ4n) is 6.28. The minimum absolute atomic E-state index is 0. The Kier molecular flexibility index (Phi) is 15.4. The standard InChI is InChI=1S/2C25H20N4O4.Cr/c2*1-17-6-11-19(12-7-17)28-25(31)21(16-26-23-4-2-3-5-24(23)30)22(27-28)15-10-18-8-13-20(14-9-18)29(32)33;/h2*2-16,30-31H,1H3;/b2*15-10+,26-16?;. The Balaban J connectivity index is 0.000000218. The SMILES string of the molecule is Cc1ccc(-n2nc(/C=C/c3ccc([N+](=O)[O-])cc3)c(C=Nc3ccccc3O)c2O)cc1.Cc1ccc(-n2nc(/C=C/c3ccc([N+](=O)[O-])cc3)c(C=Nc3ccccc3O)c2O)cc1.[Cr]. The third kappa shape index (κ3) is 11.8. The van der Waals surface area contributed by atoms with Crippen molar-refractivity contribution in [2.45, 2.75) is 13.8 Å². The number of non-ortho nitro benzene ring substituents is 2. The summed E-state index contributed by atoms with van der Waals surface area (Å²) in [7, 11) is 0. The van der Waals surface area contributed by atoms with E-state index in [1.807, 2.05) is 62.4 Å². The maximum absolute atomic E-state index is 10.9. The summed E-state index contributed by atoms with van der Waals surface area (Å²) in [6.45, 7) is 3.94. The van der Waals surface area contributed by atoms with Crippen molar-refractivity contribution >= 4 is 59.5 Å². The zero-order valence-corrected chi connectivity index (χ0v) is 37.0. The average molecular weight is 933 g/mol. The molecule has 8 aromatic rings.